The quantitative estimate of drug-likeness (QED) is 0.391. The Labute approximate surface area is 150 Å². The highest BCUT2D eigenvalue weighted by molar-refractivity contribution is 6.62. The van der Waals surface area contributed by atoms with E-state index in [1.165, 1.54) is 30.5 Å². The minimum atomic E-state index is -0.784. The summed E-state index contributed by atoms with van der Waals surface area (Å²) in [5.41, 5.74) is 4.52. The number of nitrogens with zero attached hydrogens (tertiary/aromatic N) is 2. The van der Waals surface area contributed by atoms with Crippen LogP contribution in [0.15, 0.2) is 30.5 Å². The van der Waals surface area contributed by atoms with Gasteiger partial charge in [0, 0.05) is 6.20 Å². The summed E-state index contributed by atoms with van der Waals surface area (Å²) in [7, 11) is -0.784. The van der Waals surface area contributed by atoms with Gasteiger partial charge in [0.1, 0.15) is 17.2 Å². The van der Waals surface area contributed by atoms with Gasteiger partial charge >= 0.3 is 12.8 Å². The Kier molecular flexibility index (Phi) is 4.24. The predicted molar refractivity (Wildman–Crippen MR) is 96.4 cm³/mol. The van der Waals surface area contributed by atoms with E-state index in [1.54, 1.807) is 0 Å². The molecule has 0 saturated carbocycles. The SMILES string of the molecule is CC1(C)OB(c2cc(N)c([N+](=O)[O-])c(-c3ncccc3F)c2)OC1(C)C. The van der Waals surface area contributed by atoms with E-state index >= 15 is 0 Å². The number of nitro groups is 1. The highest BCUT2D eigenvalue weighted by atomic mass is 19.1. The molecule has 0 atom stereocenters. The Bertz CT molecular complexity index is 872. The van der Waals surface area contributed by atoms with E-state index in [0.29, 0.717) is 5.46 Å². The zero-order chi connectivity index (χ0) is 19.3. The number of hydrogen-bond acceptors (Lipinski definition) is 6. The van der Waals surface area contributed by atoms with E-state index in [-0.39, 0.29) is 16.9 Å². The summed E-state index contributed by atoms with van der Waals surface area (Å²) >= 11 is 0. The second-order valence-electron chi connectivity index (χ2n) is 7.19. The Morgan fingerprint density at radius 1 is 1.23 bits per heavy atom. The average Bonchev–Trinajstić information content (AvgIpc) is 2.74. The van der Waals surface area contributed by atoms with Gasteiger partial charge in [0.05, 0.1) is 21.7 Å². The van der Waals surface area contributed by atoms with Crippen molar-refractivity contribution in [2.24, 2.45) is 0 Å². The Hall–Kier alpha value is -2.52. The highest BCUT2D eigenvalue weighted by Crippen LogP contribution is 2.38. The van der Waals surface area contributed by atoms with Crippen molar-refractivity contribution < 1.29 is 18.6 Å². The molecule has 2 aromatic rings. The summed E-state index contributed by atoms with van der Waals surface area (Å²) in [5, 5.41) is 11.5. The molecule has 1 aromatic carbocycles. The molecular weight excluding hydrogens is 340 g/mol. The lowest BCUT2D eigenvalue weighted by Gasteiger charge is -2.32. The number of pyridine rings is 1. The zero-order valence-electron chi connectivity index (χ0n) is 14.9. The van der Waals surface area contributed by atoms with Crippen molar-refractivity contribution in [3.8, 4) is 11.3 Å². The van der Waals surface area contributed by atoms with Gasteiger partial charge in [-0.25, -0.2) is 4.39 Å². The van der Waals surface area contributed by atoms with E-state index in [0.717, 1.165) is 0 Å². The molecule has 1 aliphatic rings. The molecule has 7 nitrogen and oxygen atoms in total. The van der Waals surface area contributed by atoms with Crippen LogP contribution in [0.5, 0.6) is 0 Å². The minimum absolute atomic E-state index is 0.0159. The first kappa shape index (κ1) is 18.3. The summed E-state index contributed by atoms with van der Waals surface area (Å²) in [6, 6.07) is 5.46. The van der Waals surface area contributed by atoms with Gasteiger partial charge in [0.15, 0.2) is 0 Å². The fourth-order valence-corrected chi connectivity index (χ4v) is 2.76. The molecule has 0 spiro atoms. The Balaban J connectivity index is 2.16. The molecule has 0 aliphatic carbocycles. The van der Waals surface area contributed by atoms with Gasteiger partial charge in [0.2, 0.25) is 0 Å². The Morgan fingerprint density at radius 2 is 1.85 bits per heavy atom. The van der Waals surface area contributed by atoms with Crippen LogP contribution in [0.1, 0.15) is 27.7 Å². The third-order valence-corrected chi connectivity index (χ3v) is 4.88. The minimum Gasteiger partial charge on any atom is -0.399 e. The molecule has 0 amide bonds. The molecule has 1 aliphatic heterocycles. The topological polar surface area (TPSA) is 101 Å². The number of anilines is 1. The molecule has 2 heterocycles. The predicted octanol–water partition coefficient (Wildman–Crippen LogP) is 2.68. The smallest absolute Gasteiger partial charge is 0.399 e. The van der Waals surface area contributed by atoms with Crippen LogP contribution in [-0.4, -0.2) is 28.2 Å². The Morgan fingerprint density at radius 3 is 2.38 bits per heavy atom. The summed E-state index contributed by atoms with van der Waals surface area (Å²) in [5.74, 6) is -0.680. The van der Waals surface area contributed by atoms with E-state index in [1.807, 2.05) is 27.7 Å². The second kappa shape index (κ2) is 6.03. The van der Waals surface area contributed by atoms with E-state index in [9.17, 15) is 14.5 Å². The van der Waals surface area contributed by atoms with Gasteiger partial charge in [-0.05, 0) is 57.4 Å². The van der Waals surface area contributed by atoms with Crippen molar-refractivity contribution in [2.75, 3.05) is 5.73 Å². The third-order valence-electron chi connectivity index (χ3n) is 4.88. The van der Waals surface area contributed by atoms with Gasteiger partial charge in [-0.15, -0.1) is 0 Å². The second-order valence-corrected chi connectivity index (χ2v) is 7.19. The molecule has 0 bridgehead atoms. The molecule has 1 fully saturated rings. The van der Waals surface area contributed by atoms with Crippen LogP contribution < -0.4 is 11.2 Å². The number of hydrogen-bond donors (Lipinski definition) is 1. The fourth-order valence-electron chi connectivity index (χ4n) is 2.76. The number of halogens is 1. The first-order valence-corrected chi connectivity index (χ1v) is 8.08. The third kappa shape index (κ3) is 2.93. The fraction of sp³-hybridized carbons (Fsp3) is 0.353. The molecular formula is C17H19BFN3O4. The summed E-state index contributed by atoms with van der Waals surface area (Å²) in [6.07, 6.45) is 1.36. The molecule has 2 N–H and O–H groups in total. The lowest BCUT2D eigenvalue weighted by atomic mass is 9.77. The maximum absolute atomic E-state index is 14.2. The van der Waals surface area contributed by atoms with E-state index in [4.69, 9.17) is 15.0 Å². The normalized spacial score (nSPS) is 18.1. The zero-order valence-corrected chi connectivity index (χ0v) is 14.9. The van der Waals surface area contributed by atoms with Crippen LogP contribution in [0.3, 0.4) is 0 Å². The number of rotatable bonds is 3. The maximum Gasteiger partial charge on any atom is 0.494 e. The number of aromatic nitrogens is 1. The van der Waals surface area contributed by atoms with Crippen molar-refractivity contribution in [1.82, 2.24) is 4.98 Å². The lowest BCUT2D eigenvalue weighted by molar-refractivity contribution is -0.383. The first-order chi connectivity index (χ1) is 12.0. The van der Waals surface area contributed by atoms with Crippen molar-refractivity contribution in [3.63, 3.8) is 0 Å². The maximum atomic E-state index is 14.2. The van der Waals surface area contributed by atoms with Gasteiger partial charge in [-0.3, -0.25) is 15.1 Å². The first-order valence-electron chi connectivity index (χ1n) is 8.08. The van der Waals surface area contributed by atoms with Crippen molar-refractivity contribution in [3.05, 3.63) is 46.4 Å². The van der Waals surface area contributed by atoms with Crippen LogP contribution >= 0.6 is 0 Å². The number of nitrogen functional groups attached to an aromatic ring is 1. The molecule has 136 valence electrons. The monoisotopic (exact) mass is 359 g/mol. The van der Waals surface area contributed by atoms with Crippen molar-refractivity contribution >= 4 is 24.0 Å². The van der Waals surface area contributed by atoms with Gasteiger partial charge in [0.25, 0.3) is 0 Å². The van der Waals surface area contributed by atoms with Crippen LogP contribution in [0, 0.1) is 15.9 Å². The molecule has 1 aromatic heterocycles. The molecule has 9 heteroatoms. The van der Waals surface area contributed by atoms with Gasteiger partial charge < -0.3 is 15.0 Å². The van der Waals surface area contributed by atoms with Crippen molar-refractivity contribution in [1.29, 1.82) is 0 Å². The number of nitro benzene ring substituents is 1. The van der Waals surface area contributed by atoms with E-state index < -0.39 is 34.7 Å². The molecule has 0 unspecified atom stereocenters. The standard InChI is InChI=1S/C17H19BFN3O4/c1-16(2)17(3,4)26-18(25-16)10-8-11(14-12(19)6-5-7-21-14)15(22(23)24)13(20)9-10/h5-9H,20H2,1-4H3. The average molecular weight is 359 g/mol. The largest absolute Gasteiger partial charge is 0.494 e. The summed E-state index contributed by atoms with van der Waals surface area (Å²) in [4.78, 5) is 14.8. The van der Waals surface area contributed by atoms with E-state index in [2.05, 4.69) is 4.98 Å². The van der Waals surface area contributed by atoms with Crippen molar-refractivity contribution in [2.45, 2.75) is 38.9 Å². The van der Waals surface area contributed by atoms with Crippen LogP contribution in [0.2, 0.25) is 0 Å². The number of nitrogens with two attached hydrogens (primary N) is 1. The molecule has 26 heavy (non-hydrogen) atoms. The van der Waals surface area contributed by atoms with Crippen LogP contribution in [0.4, 0.5) is 15.8 Å². The highest BCUT2D eigenvalue weighted by Gasteiger charge is 2.52. The van der Waals surface area contributed by atoms with Gasteiger partial charge in [-0.1, -0.05) is 0 Å². The molecule has 0 radical (unpaired) electrons. The summed E-state index contributed by atoms with van der Waals surface area (Å²) in [6.45, 7) is 7.56. The van der Waals surface area contributed by atoms with Crippen LogP contribution in [-0.2, 0) is 9.31 Å². The number of benzene rings is 1. The van der Waals surface area contributed by atoms with Crippen LogP contribution in [0.25, 0.3) is 11.3 Å². The molecule has 1 saturated heterocycles. The summed E-state index contributed by atoms with van der Waals surface area (Å²) < 4.78 is 26.1. The molecule has 3 rings (SSSR count). The lowest BCUT2D eigenvalue weighted by Crippen LogP contribution is -2.41. The van der Waals surface area contributed by atoms with Gasteiger partial charge in [-0.2, -0.15) is 0 Å².